The fraction of sp³-hybridized carbons (Fsp3) is 0.500. The number of rotatable bonds is 4. The van der Waals surface area contributed by atoms with Crippen molar-refractivity contribution in [1.82, 2.24) is 0 Å². The lowest BCUT2D eigenvalue weighted by atomic mass is 9.63. The van der Waals surface area contributed by atoms with Gasteiger partial charge in [-0.1, -0.05) is 36.4 Å². The highest BCUT2D eigenvalue weighted by Crippen LogP contribution is 3.12. The molecule has 10 atom stereocenters. The molecule has 0 amide bonds. The molecule has 30 heavy (non-hydrogen) atoms. The van der Waals surface area contributed by atoms with Crippen LogP contribution in [0.2, 0.25) is 0 Å². The molecule has 6 heteroatoms. The summed E-state index contributed by atoms with van der Waals surface area (Å²) in [5.41, 5.74) is 0.338. The van der Waals surface area contributed by atoms with E-state index in [-0.39, 0.29) is 32.5 Å². The molecule has 2 aromatic rings. The molecule has 0 unspecified atom stereocenters. The molecule has 0 aliphatic heterocycles. The van der Waals surface area contributed by atoms with Gasteiger partial charge in [0, 0.05) is 0 Å². The summed E-state index contributed by atoms with van der Waals surface area (Å²) in [6.45, 7) is 0. The third-order valence-corrected chi connectivity index (χ3v) is 15.0. The highest BCUT2D eigenvalue weighted by Gasteiger charge is 3.10. The van der Waals surface area contributed by atoms with Crippen molar-refractivity contribution in [2.75, 3.05) is 0 Å². The summed E-state index contributed by atoms with van der Waals surface area (Å²) < 4.78 is 55.7. The smallest absolute Gasteiger partial charge is 0.182 e. The number of benzene rings is 2. The van der Waals surface area contributed by atoms with Gasteiger partial charge in [0.25, 0.3) is 0 Å². The lowest BCUT2D eigenvalue weighted by Gasteiger charge is -2.47. The Morgan fingerprint density at radius 3 is 1.30 bits per heavy atom. The molecule has 0 aromatic heterocycles. The summed E-state index contributed by atoms with van der Waals surface area (Å²) in [6.07, 6.45) is 2.01. The lowest BCUT2D eigenvalue weighted by molar-refractivity contribution is 0.0676. The Morgan fingerprint density at radius 1 is 0.567 bits per heavy atom. The van der Waals surface area contributed by atoms with Gasteiger partial charge in [-0.3, -0.25) is 0 Å². The highest BCUT2D eigenvalue weighted by atomic mass is 32.2. The Morgan fingerprint density at radius 2 is 0.933 bits per heavy atom. The standard InChI is InChI=1S/C24H22O4S2/c25-29(26,13-7-3-1-4-8-13)21-17-12-18(22(21)30(27,28)14-9-5-2-6-10-14)24-16-11-15-19(20(16)24)23(15,17)24/h1-10,15-22H,11-12H2/t15-,16-,17-,18+,19+,20+,21-,22+,23+,24+/m0/s1. The highest BCUT2D eigenvalue weighted by molar-refractivity contribution is 7.96. The van der Waals surface area contributed by atoms with Crippen LogP contribution in [0.3, 0.4) is 0 Å². The Bertz CT molecular complexity index is 1220. The van der Waals surface area contributed by atoms with Gasteiger partial charge in [0.05, 0.1) is 20.3 Å². The zero-order valence-corrected chi connectivity index (χ0v) is 17.9. The van der Waals surface area contributed by atoms with Crippen molar-refractivity contribution in [1.29, 1.82) is 0 Å². The second kappa shape index (κ2) is 4.58. The molecule has 9 rings (SSSR count). The van der Waals surface area contributed by atoms with Crippen LogP contribution < -0.4 is 0 Å². The van der Waals surface area contributed by atoms with Crippen LogP contribution in [0.15, 0.2) is 70.5 Å². The van der Waals surface area contributed by atoms with Crippen LogP contribution in [0.5, 0.6) is 0 Å². The fourth-order valence-corrected chi connectivity index (χ4v) is 15.3. The molecule has 2 aromatic carbocycles. The average Bonchev–Trinajstić information content (AvgIpc) is 3.17. The van der Waals surface area contributed by atoms with E-state index in [1.807, 2.05) is 0 Å². The van der Waals surface area contributed by atoms with E-state index in [2.05, 4.69) is 0 Å². The largest absolute Gasteiger partial charge is 0.223 e. The number of hydrogen-bond donors (Lipinski definition) is 0. The second-order valence-electron chi connectivity index (χ2n) is 10.5. The maximum Gasteiger partial charge on any atom is 0.182 e. The summed E-state index contributed by atoms with van der Waals surface area (Å²) >= 11 is 0. The molecule has 0 N–H and O–H groups in total. The Balaban J connectivity index is 1.34. The van der Waals surface area contributed by atoms with Crippen molar-refractivity contribution in [3.8, 4) is 0 Å². The minimum atomic E-state index is -3.74. The molecule has 7 aliphatic rings. The molecule has 4 nitrogen and oxygen atoms in total. The third-order valence-electron chi connectivity index (χ3n) is 10.3. The predicted molar refractivity (Wildman–Crippen MR) is 110 cm³/mol. The second-order valence-corrected chi connectivity index (χ2v) is 14.7. The molecule has 0 radical (unpaired) electrons. The SMILES string of the molecule is O=S(=O)(c1ccccc1)[C@@H]1[C@H](S(=O)(=O)c2ccccc2)[C@H]2C[C@@H]1[C@@]13[C@H]4[C@H]5[C@H](C[C@@H]41)[C@]523. The molecular weight excluding hydrogens is 416 g/mol. The Labute approximate surface area is 176 Å². The van der Waals surface area contributed by atoms with Crippen LogP contribution in [-0.4, -0.2) is 27.3 Å². The van der Waals surface area contributed by atoms with Crippen molar-refractivity contribution in [3.05, 3.63) is 60.7 Å². The van der Waals surface area contributed by atoms with Crippen LogP contribution in [0, 0.1) is 46.3 Å². The first-order chi connectivity index (χ1) is 14.4. The Kier molecular flexibility index (Phi) is 2.59. The molecular formula is C24H22O4S2. The van der Waals surface area contributed by atoms with E-state index in [9.17, 15) is 16.8 Å². The first-order valence-electron chi connectivity index (χ1n) is 11.0. The molecule has 7 aliphatic carbocycles. The average molecular weight is 439 g/mol. The molecule has 7 saturated carbocycles. The van der Waals surface area contributed by atoms with Gasteiger partial charge in [-0.25, -0.2) is 16.8 Å². The minimum absolute atomic E-state index is 0.00921. The topological polar surface area (TPSA) is 68.3 Å². The lowest BCUT2D eigenvalue weighted by Crippen LogP contribution is -2.55. The number of sulfone groups is 2. The maximum atomic E-state index is 13.9. The predicted octanol–water partition coefficient (Wildman–Crippen LogP) is 3.20. The number of fused-ring (bicyclic) bond motifs is 2. The van der Waals surface area contributed by atoms with Crippen LogP contribution in [0.1, 0.15) is 12.8 Å². The molecule has 0 saturated heterocycles. The van der Waals surface area contributed by atoms with Crippen LogP contribution in [-0.2, 0) is 19.7 Å². The van der Waals surface area contributed by atoms with Gasteiger partial charge >= 0.3 is 0 Å². The minimum Gasteiger partial charge on any atom is -0.223 e. The normalized spacial score (nSPS) is 50.5. The summed E-state index contributed by atoms with van der Waals surface area (Å²) in [7, 11) is -7.47. The van der Waals surface area contributed by atoms with Gasteiger partial charge in [-0.05, 0) is 83.4 Å². The van der Waals surface area contributed by atoms with E-state index >= 15 is 0 Å². The van der Waals surface area contributed by atoms with Gasteiger partial charge in [0.2, 0.25) is 0 Å². The first kappa shape index (κ1) is 17.0. The maximum absolute atomic E-state index is 13.9. The van der Waals surface area contributed by atoms with Crippen LogP contribution >= 0.6 is 0 Å². The van der Waals surface area contributed by atoms with Crippen LogP contribution in [0.4, 0.5) is 0 Å². The molecule has 0 heterocycles. The van der Waals surface area contributed by atoms with Crippen molar-refractivity contribution < 1.29 is 16.8 Å². The summed E-state index contributed by atoms with van der Waals surface area (Å²) in [4.78, 5) is 0.551. The van der Waals surface area contributed by atoms with Gasteiger partial charge < -0.3 is 0 Å². The van der Waals surface area contributed by atoms with Gasteiger partial charge in [-0.15, -0.1) is 0 Å². The molecule has 7 fully saturated rings. The van der Waals surface area contributed by atoms with Gasteiger partial charge in [-0.2, -0.15) is 0 Å². The molecule has 154 valence electrons. The molecule has 2 spiro atoms. The van der Waals surface area contributed by atoms with Gasteiger partial charge in [0.15, 0.2) is 19.7 Å². The van der Waals surface area contributed by atoms with Crippen molar-refractivity contribution in [3.63, 3.8) is 0 Å². The van der Waals surface area contributed by atoms with Crippen molar-refractivity contribution in [2.45, 2.75) is 33.1 Å². The first-order valence-corrected chi connectivity index (χ1v) is 14.1. The third kappa shape index (κ3) is 1.36. The summed E-state index contributed by atoms with van der Waals surface area (Å²) in [5.74, 6) is 2.77. The summed E-state index contributed by atoms with van der Waals surface area (Å²) in [5, 5.41) is -1.62. The molecule has 4 bridgehead atoms. The quantitative estimate of drug-likeness (QED) is 0.735. The van der Waals surface area contributed by atoms with E-state index in [1.54, 1.807) is 60.7 Å². The zero-order valence-electron chi connectivity index (χ0n) is 16.3. The zero-order chi connectivity index (χ0) is 20.3. The van der Waals surface area contributed by atoms with E-state index in [1.165, 1.54) is 6.42 Å². The fourth-order valence-electron chi connectivity index (χ4n) is 10.1. The van der Waals surface area contributed by atoms with Crippen LogP contribution in [0.25, 0.3) is 0 Å². The monoisotopic (exact) mass is 438 g/mol. The van der Waals surface area contributed by atoms with E-state index < -0.39 is 30.2 Å². The van der Waals surface area contributed by atoms with E-state index in [4.69, 9.17) is 0 Å². The van der Waals surface area contributed by atoms with E-state index in [0.29, 0.717) is 23.7 Å². The van der Waals surface area contributed by atoms with Crippen molar-refractivity contribution >= 4 is 19.7 Å². The van der Waals surface area contributed by atoms with E-state index in [0.717, 1.165) is 6.42 Å². The summed E-state index contributed by atoms with van der Waals surface area (Å²) in [6, 6.07) is 17.1. The number of hydrogen-bond acceptors (Lipinski definition) is 4. The van der Waals surface area contributed by atoms with Gasteiger partial charge in [0.1, 0.15) is 0 Å². The Hall–Kier alpha value is -1.66. The van der Waals surface area contributed by atoms with Crippen molar-refractivity contribution in [2.24, 2.45) is 46.3 Å².